The van der Waals surface area contributed by atoms with Crippen LogP contribution in [-0.2, 0) is 11.3 Å². The molecule has 154 valence electrons. The minimum Gasteiger partial charge on any atom is -0.486 e. The molecule has 29 heavy (non-hydrogen) atoms. The van der Waals surface area contributed by atoms with Crippen LogP contribution in [0.3, 0.4) is 0 Å². The molecule has 1 atom stereocenters. The van der Waals surface area contributed by atoms with Gasteiger partial charge in [0.1, 0.15) is 13.2 Å². The largest absolute Gasteiger partial charge is 0.486 e. The van der Waals surface area contributed by atoms with Gasteiger partial charge in [0, 0.05) is 16.4 Å². The van der Waals surface area contributed by atoms with Gasteiger partial charge in [-0.15, -0.1) is 11.3 Å². The van der Waals surface area contributed by atoms with Gasteiger partial charge in [0.05, 0.1) is 12.6 Å². The van der Waals surface area contributed by atoms with Crippen LogP contribution in [0.2, 0.25) is 0 Å². The highest BCUT2D eigenvalue weighted by Gasteiger charge is 2.30. The third-order valence-electron chi connectivity index (χ3n) is 5.67. The summed E-state index contributed by atoms with van der Waals surface area (Å²) < 4.78 is 11.1. The van der Waals surface area contributed by atoms with Crippen molar-refractivity contribution < 1.29 is 19.1 Å². The van der Waals surface area contributed by atoms with Gasteiger partial charge >= 0.3 is 0 Å². The first-order valence-electron chi connectivity index (χ1n) is 10.1. The third-order valence-corrected chi connectivity index (χ3v) is 6.55. The van der Waals surface area contributed by atoms with E-state index < -0.39 is 0 Å². The van der Waals surface area contributed by atoms with E-state index in [9.17, 15) is 9.59 Å². The zero-order chi connectivity index (χ0) is 20.2. The van der Waals surface area contributed by atoms with Crippen molar-refractivity contribution in [3.63, 3.8) is 0 Å². The lowest BCUT2D eigenvalue weighted by Gasteiger charge is -2.34. The number of benzene rings is 1. The number of piperidine rings is 1. The number of amides is 1. The van der Waals surface area contributed by atoms with Crippen molar-refractivity contribution in [1.82, 2.24) is 10.2 Å². The summed E-state index contributed by atoms with van der Waals surface area (Å²) in [4.78, 5) is 28.7. The highest BCUT2D eigenvalue weighted by molar-refractivity contribution is 7.09. The molecule has 0 bridgehead atoms. The zero-order valence-corrected chi connectivity index (χ0v) is 17.4. The van der Waals surface area contributed by atoms with Crippen LogP contribution >= 0.6 is 11.3 Å². The molecule has 0 spiro atoms. The van der Waals surface area contributed by atoms with E-state index in [4.69, 9.17) is 9.47 Å². The predicted molar refractivity (Wildman–Crippen MR) is 112 cm³/mol. The van der Waals surface area contributed by atoms with E-state index in [1.807, 2.05) is 36.6 Å². The number of carbonyl (C=O) groups is 2. The molecular weight excluding hydrogens is 388 g/mol. The maximum absolute atomic E-state index is 12.9. The van der Waals surface area contributed by atoms with Gasteiger partial charge in [-0.1, -0.05) is 6.07 Å². The van der Waals surface area contributed by atoms with E-state index in [-0.39, 0.29) is 23.7 Å². The number of carbonyl (C=O) groups excluding carboxylic acids is 2. The summed E-state index contributed by atoms with van der Waals surface area (Å²) in [7, 11) is 0. The van der Waals surface area contributed by atoms with Crippen molar-refractivity contribution >= 4 is 23.0 Å². The number of hydrogen-bond acceptors (Lipinski definition) is 6. The fourth-order valence-corrected chi connectivity index (χ4v) is 4.53. The van der Waals surface area contributed by atoms with Gasteiger partial charge in [0.25, 0.3) is 0 Å². The number of rotatable bonds is 6. The summed E-state index contributed by atoms with van der Waals surface area (Å²) in [5, 5.41) is 5.02. The molecule has 2 aliphatic rings. The first kappa shape index (κ1) is 19.9. The van der Waals surface area contributed by atoms with E-state index in [0.29, 0.717) is 36.8 Å². The van der Waals surface area contributed by atoms with Crippen LogP contribution in [0.5, 0.6) is 11.5 Å². The number of nitrogens with one attached hydrogen (secondary N) is 1. The van der Waals surface area contributed by atoms with Crippen LogP contribution < -0.4 is 14.8 Å². The molecule has 0 radical (unpaired) electrons. The van der Waals surface area contributed by atoms with Crippen LogP contribution in [0.1, 0.15) is 35.0 Å². The summed E-state index contributed by atoms with van der Waals surface area (Å²) in [6.07, 6.45) is 1.52. The number of likely N-dealkylation sites (tertiary alicyclic amines) is 1. The molecule has 6 nitrogen and oxygen atoms in total. The summed E-state index contributed by atoms with van der Waals surface area (Å²) in [6.45, 7) is 5.04. The summed E-state index contributed by atoms with van der Waals surface area (Å²) >= 11 is 1.64. The molecule has 4 rings (SSSR count). The molecule has 2 aliphatic heterocycles. The Bertz CT molecular complexity index is 860. The van der Waals surface area contributed by atoms with Crippen molar-refractivity contribution in [1.29, 1.82) is 0 Å². The van der Waals surface area contributed by atoms with Crippen molar-refractivity contribution in [3.05, 3.63) is 46.2 Å². The Labute approximate surface area is 174 Å². The average molecular weight is 415 g/mol. The average Bonchev–Trinajstić information content (AvgIpc) is 3.30. The highest BCUT2D eigenvalue weighted by Crippen LogP contribution is 2.32. The van der Waals surface area contributed by atoms with Gasteiger partial charge in [-0.3, -0.25) is 14.5 Å². The quantitative estimate of drug-likeness (QED) is 0.736. The minimum atomic E-state index is -0.194. The Kier molecular flexibility index (Phi) is 6.16. The normalized spacial score (nSPS) is 18.2. The number of ketones is 1. The van der Waals surface area contributed by atoms with Crippen LogP contribution in [-0.4, -0.2) is 48.9 Å². The number of hydrogen-bond donors (Lipinski definition) is 1. The molecule has 1 unspecified atom stereocenters. The predicted octanol–water partition coefficient (Wildman–Crippen LogP) is 3.12. The van der Waals surface area contributed by atoms with E-state index in [1.54, 1.807) is 17.4 Å². The Morgan fingerprint density at radius 3 is 2.66 bits per heavy atom. The standard InChI is InChI=1S/C22H26N2O4S/c1-15(22(26)23-14-18-3-2-12-29-18)24-8-6-16(7-9-24)21(25)17-4-5-19-20(13-17)28-11-10-27-19/h2-5,12-13,15-16H,6-11,14H2,1H3,(H,23,26). The molecule has 7 heteroatoms. The molecule has 1 aromatic carbocycles. The first-order valence-corrected chi connectivity index (χ1v) is 11.0. The monoisotopic (exact) mass is 414 g/mol. The van der Waals surface area contributed by atoms with E-state index in [1.165, 1.54) is 0 Å². The second-order valence-electron chi connectivity index (χ2n) is 7.51. The van der Waals surface area contributed by atoms with Crippen molar-refractivity contribution in [2.45, 2.75) is 32.4 Å². The van der Waals surface area contributed by atoms with Crippen molar-refractivity contribution in [2.24, 2.45) is 5.92 Å². The van der Waals surface area contributed by atoms with Crippen LogP contribution in [0.15, 0.2) is 35.7 Å². The molecule has 0 saturated carbocycles. The van der Waals surface area contributed by atoms with E-state index in [2.05, 4.69) is 10.2 Å². The lowest BCUT2D eigenvalue weighted by molar-refractivity contribution is -0.126. The molecular formula is C22H26N2O4S. The number of ether oxygens (including phenoxy) is 2. The molecule has 1 aromatic heterocycles. The molecule has 0 aliphatic carbocycles. The number of Topliss-reactive ketones (excluding diaryl/α,β-unsaturated/α-hetero) is 1. The second-order valence-corrected chi connectivity index (χ2v) is 8.54. The van der Waals surface area contributed by atoms with Crippen LogP contribution in [0.4, 0.5) is 0 Å². The topological polar surface area (TPSA) is 67.9 Å². The van der Waals surface area contributed by atoms with Crippen molar-refractivity contribution in [2.75, 3.05) is 26.3 Å². The van der Waals surface area contributed by atoms with Crippen LogP contribution in [0.25, 0.3) is 0 Å². The van der Waals surface area contributed by atoms with Gasteiger partial charge in [-0.25, -0.2) is 0 Å². The first-order chi connectivity index (χ1) is 14.1. The minimum absolute atomic E-state index is 0.0183. The summed E-state index contributed by atoms with van der Waals surface area (Å²) in [5.74, 6) is 1.52. The maximum atomic E-state index is 12.9. The smallest absolute Gasteiger partial charge is 0.237 e. The Hall–Kier alpha value is -2.38. The fraction of sp³-hybridized carbons (Fsp3) is 0.455. The molecule has 2 aromatic rings. The molecule has 1 fully saturated rings. The fourth-order valence-electron chi connectivity index (χ4n) is 3.88. The van der Waals surface area contributed by atoms with Gasteiger partial charge < -0.3 is 14.8 Å². The van der Waals surface area contributed by atoms with E-state index in [0.717, 1.165) is 30.8 Å². The molecule has 3 heterocycles. The number of fused-ring (bicyclic) bond motifs is 1. The summed E-state index contributed by atoms with van der Waals surface area (Å²) in [6, 6.07) is 9.24. The maximum Gasteiger partial charge on any atom is 0.237 e. The van der Waals surface area contributed by atoms with Crippen molar-refractivity contribution in [3.8, 4) is 11.5 Å². The SMILES string of the molecule is CC(C(=O)NCc1cccs1)N1CCC(C(=O)c2ccc3c(c2)OCCO3)CC1. The number of nitrogens with zero attached hydrogens (tertiary/aromatic N) is 1. The van der Waals surface area contributed by atoms with Gasteiger partial charge in [-0.05, 0) is 62.5 Å². The van der Waals surface area contributed by atoms with E-state index >= 15 is 0 Å². The second kappa shape index (κ2) is 8.97. The highest BCUT2D eigenvalue weighted by atomic mass is 32.1. The lowest BCUT2D eigenvalue weighted by Crippen LogP contribution is -2.48. The third kappa shape index (κ3) is 4.62. The van der Waals surface area contributed by atoms with Gasteiger partial charge in [0.15, 0.2) is 17.3 Å². The van der Waals surface area contributed by atoms with Gasteiger partial charge in [0.2, 0.25) is 5.91 Å². The lowest BCUT2D eigenvalue weighted by atomic mass is 9.88. The Morgan fingerprint density at radius 1 is 1.17 bits per heavy atom. The molecule has 1 amide bonds. The Morgan fingerprint density at radius 2 is 1.93 bits per heavy atom. The van der Waals surface area contributed by atoms with Gasteiger partial charge in [-0.2, -0.15) is 0 Å². The molecule has 1 saturated heterocycles. The Balaban J connectivity index is 1.29. The zero-order valence-electron chi connectivity index (χ0n) is 16.6. The van der Waals surface area contributed by atoms with Crippen LogP contribution in [0, 0.1) is 5.92 Å². The summed E-state index contributed by atoms with van der Waals surface area (Å²) in [5.41, 5.74) is 0.675. The molecule has 1 N–H and O–H groups in total. The number of thiophene rings is 1.